The maximum Gasteiger partial charge on any atom is 0.238 e. The van der Waals surface area contributed by atoms with Crippen LogP contribution in [0.1, 0.15) is 16.7 Å². The Morgan fingerprint density at radius 3 is 1.43 bits per heavy atom. The molecular formula is C43H22N8. The average molecular weight is 651 g/mol. The van der Waals surface area contributed by atoms with Crippen molar-refractivity contribution in [3.05, 3.63) is 162 Å². The smallest absolute Gasteiger partial charge is 0.238 e. The summed E-state index contributed by atoms with van der Waals surface area (Å²) in [6, 6.07) is 47.9. The van der Waals surface area contributed by atoms with Crippen LogP contribution in [0, 0.1) is 40.6 Å². The van der Waals surface area contributed by atoms with Crippen LogP contribution >= 0.6 is 0 Å². The van der Waals surface area contributed by atoms with E-state index < -0.39 is 0 Å². The predicted octanol–water partition coefficient (Wildman–Crippen LogP) is 9.80. The standard InChI is InChI=1S/C43H22N8/c1-47-36-23-9-18-31(26-46)38(36)35-22-11-20-33-32-19-10-21-34(37-29(24-44)16-8-17-30(37)25-45)39(32)51(40(33)35)43-49-41(27-12-4-2-5-13-27)48-42(50-43)28-14-6-3-7-15-28/h2-23H. The molecule has 8 nitrogen and oxygen atoms in total. The van der Waals surface area contributed by atoms with E-state index in [1.165, 1.54) is 0 Å². The molecule has 8 aromatic rings. The van der Waals surface area contributed by atoms with Gasteiger partial charge in [0.25, 0.3) is 0 Å². The molecule has 0 atom stereocenters. The lowest BCUT2D eigenvalue weighted by Crippen LogP contribution is -2.07. The Hall–Kier alpha value is -7.91. The van der Waals surface area contributed by atoms with Gasteiger partial charge in [-0.1, -0.05) is 115 Å². The summed E-state index contributed by atoms with van der Waals surface area (Å²) in [5.74, 6) is 1.17. The Kier molecular flexibility index (Phi) is 7.52. The van der Waals surface area contributed by atoms with E-state index in [-0.39, 0.29) is 5.95 Å². The van der Waals surface area contributed by atoms with Crippen molar-refractivity contribution in [2.24, 2.45) is 0 Å². The molecule has 0 aliphatic carbocycles. The molecule has 6 aromatic carbocycles. The molecule has 0 bridgehead atoms. The molecule has 0 fully saturated rings. The Morgan fingerprint density at radius 1 is 0.490 bits per heavy atom. The highest BCUT2D eigenvalue weighted by Crippen LogP contribution is 2.45. The van der Waals surface area contributed by atoms with Gasteiger partial charge in [0.05, 0.1) is 46.9 Å². The Balaban J connectivity index is 1.61. The summed E-state index contributed by atoms with van der Waals surface area (Å²) in [6.45, 7) is 8.04. The molecule has 0 saturated carbocycles. The van der Waals surface area contributed by atoms with Gasteiger partial charge in [-0.25, -0.2) is 9.83 Å². The number of aromatic nitrogens is 4. The number of para-hydroxylation sites is 2. The van der Waals surface area contributed by atoms with Gasteiger partial charge in [0, 0.05) is 44.2 Å². The highest BCUT2D eigenvalue weighted by Gasteiger charge is 2.26. The molecule has 0 aliphatic rings. The number of benzene rings is 6. The summed E-state index contributed by atoms with van der Waals surface area (Å²) in [5, 5.41) is 32.4. The molecule has 8 heteroatoms. The molecule has 8 rings (SSSR count). The predicted molar refractivity (Wildman–Crippen MR) is 196 cm³/mol. The third kappa shape index (κ3) is 5.02. The van der Waals surface area contributed by atoms with Crippen LogP contribution in [0.5, 0.6) is 0 Å². The number of nitrogens with zero attached hydrogens (tertiary/aromatic N) is 8. The fourth-order valence-electron chi connectivity index (χ4n) is 6.65. The lowest BCUT2D eigenvalue weighted by atomic mass is 9.93. The summed E-state index contributed by atoms with van der Waals surface area (Å²) < 4.78 is 1.92. The van der Waals surface area contributed by atoms with Crippen molar-refractivity contribution in [1.29, 1.82) is 15.8 Å². The van der Waals surface area contributed by atoms with Crippen LogP contribution in [-0.2, 0) is 0 Å². The molecule has 2 aromatic heterocycles. The molecular weight excluding hydrogens is 629 g/mol. The van der Waals surface area contributed by atoms with Crippen LogP contribution < -0.4 is 0 Å². The summed E-state index contributed by atoms with van der Waals surface area (Å²) in [4.78, 5) is 18.9. The van der Waals surface area contributed by atoms with Crippen LogP contribution in [0.15, 0.2) is 133 Å². The van der Waals surface area contributed by atoms with Crippen molar-refractivity contribution in [1.82, 2.24) is 19.5 Å². The second kappa shape index (κ2) is 12.6. The van der Waals surface area contributed by atoms with E-state index >= 15 is 0 Å². The van der Waals surface area contributed by atoms with Crippen molar-refractivity contribution in [2.45, 2.75) is 0 Å². The average Bonchev–Trinajstić information content (AvgIpc) is 3.55. The minimum absolute atomic E-state index is 0.286. The molecule has 0 N–H and O–H groups in total. The fraction of sp³-hybridized carbons (Fsp3) is 0. The first-order valence-electron chi connectivity index (χ1n) is 15.9. The summed E-state index contributed by atoms with van der Waals surface area (Å²) in [7, 11) is 0. The molecule has 51 heavy (non-hydrogen) atoms. The number of nitriles is 3. The molecule has 2 heterocycles. The highest BCUT2D eigenvalue weighted by molar-refractivity contribution is 6.18. The quantitative estimate of drug-likeness (QED) is 0.171. The topological polar surface area (TPSA) is 119 Å². The molecule has 0 radical (unpaired) electrons. The van der Waals surface area contributed by atoms with E-state index in [0.717, 1.165) is 21.9 Å². The second-order valence-electron chi connectivity index (χ2n) is 11.6. The Morgan fingerprint density at radius 2 is 0.941 bits per heavy atom. The molecule has 0 unspecified atom stereocenters. The van der Waals surface area contributed by atoms with Gasteiger partial charge >= 0.3 is 0 Å². The van der Waals surface area contributed by atoms with Crippen LogP contribution in [0.4, 0.5) is 5.69 Å². The first-order valence-corrected chi connectivity index (χ1v) is 15.9. The van der Waals surface area contributed by atoms with E-state index in [1.54, 1.807) is 36.4 Å². The summed E-state index contributed by atoms with van der Waals surface area (Å²) in [5.41, 5.74) is 6.47. The zero-order valence-corrected chi connectivity index (χ0v) is 26.8. The summed E-state index contributed by atoms with van der Waals surface area (Å²) in [6.07, 6.45) is 0. The van der Waals surface area contributed by atoms with Gasteiger partial charge in [-0.3, -0.25) is 4.57 Å². The van der Waals surface area contributed by atoms with Gasteiger partial charge in [-0.2, -0.15) is 25.8 Å². The zero-order chi connectivity index (χ0) is 34.9. The minimum atomic E-state index is 0.286. The van der Waals surface area contributed by atoms with Crippen LogP contribution in [0.3, 0.4) is 0 Å². The van der Waals surface area contributed by atoms with E-state index in [1.807, 2.05) is 102 Å². The SMILES string of the molecule is [C-]#[N+]c1cccc(C#N)c1-c1cccc2c3cccc(-c4c(C#N)cccc4C#N)c3n(-c3nc(-c4ccccc4)nc(-c4ccccc4)n3)c12. The van der Waals surface area contributed by atoms with E-state index in [4.69, 9.17) is 21.5 Å². The lowest BCUT2D eigenvalue weighted by molar-refractivity contribution is 0.954. The van der Waals surface area contributed by atoms with Gasteiger partial charge in [-0.15, -0.1) is 0 Å². The van der Waals surface area contributed by atoms with E-state index in [9.17, 15) is 15.8 Å². The maximum absolute atomic E-state index is 10.3. The molecule has 234 valence electrons. The number of rotatable bonds is 5. The van der Waals surface area contributed by atoms with Gasteiger partial charge in [0.2, 0.25) is 5.95 Å². The van der Waals surface area contributed by atoms with Crippen molar-refractivity contribution in [3.8, 4) is 69.2 Å². The third-order valence-electron chi connectivity index (χ3n) is 8.82. The minimum Gasteiger partial charge on any atom is -0.277 e. The van der Waals surface area contributed by atoms with Crippen molar-refractivity contribution in [2.75, 3.05) is 0 Å². The lowest BCUT2D eigenvalue weighted by Gasteiger charge is -2.16. The van der Waals surface area contributed by atoms with Gasteiger partial charge in [0.1, 0.15) is 0 Å². The van der Waals surface area contributed by atoms with Crippen molar-refractivity contribution in [3.63, 3.8) is 0 Å². The summed E-state index contributed by atoms with van der Waals surface area (Å²) >= 11 is 0. The van der Waals surface area contributed by atoms with Crippen molar-refractivity contribution < 1.29 is 0 Å². The van der Waals surface area contributed by atoms with Crippen LogP contribution in [-0.4, -0.2) is 19.5 Å². The number of hydrogen-bond donors (Lipinski definition) is 0. The van der Waals surface area contributed by atoms with Gasteiger partial charge < -0.3 is 0 Å². The normalized spacial score (nSPS) is 10.7. The van der Waals surface area contributed by atoms with Crippen LogP contribution in [0.2, 0.25) is 0 Å². The Labute approximate surface area is 292 Å². The van der Waals surface area contributed by atoms with Gasteiger partial charge in [-0.05, 0) is 23.8 Å². The number of fused-ring (bicyclic) bond motifs is 3. The van der Waals surface area contributed by atoms with E-state index in [2.05, 4.69) is 23.1 Å². The highest BCUT2D eigenvalue weighted by atomic mass is 15.2. The van der Waals surface area contributed by atoms with Gasteiger partial charge in [0.15, 0.2) is 17.3 Å². The molecule has 0 spiro atoms. The number of hydrogen-bond acceptors (Lipinski definition) is 6. The first kappa shape index (κ1) is 30.4. The zero-order valence-electron chi connectivity index (χ0n) is 26.8. The monoisotopic (exact) mass is 650 g/mol. The third-order valence-corrected chi connectivity index (χ3v) is 8.82. The second-order valence-corrected chi connectivity index (χ2v) is 11.6. The van der Waals surface area contributed by atoms with E-state index in [0.29, 0.717) is 67.3 Å². The van der Waals surface area contributed by atoms with Crippen molar-refractivity contribution >= 4 is 27.5 Å². The first-order chi connectivity index (χ1) is 25.1. The fourth-order valence-corrected chi connectivity index (χ4v) is 6.65. The molecule has 0 saturated heterocycles. The maximum atomic E-state index is 10.3. The largest absolute Gasteiger partial charge is 0.277 e. The molecule has 0 aliphatic heterocycles. The Bertz CT molecular complexity index is 2590. The van der Waals surface area contributed by atoms with Crippen LogP contribution in [0.25, 0.3) is 77.6 Å². The molecule has 0 amide bonds.